The number of nitrogens with zero attached hydrogens (tertiary/aromatic N) is 3. The molecule has 28 heavy (non-hydrogen) atoms. The smallest absolute Gasteiger partial charge is 0.291 e. The zero-order valence-electron chi connectivity index (χ0n) is 15.1. The Kier molecular flexibility index (Phi) is 4.72. The molecule has 7 heteroatoms. The molecule has 0 radical (unpaired) electrons. The molecule has 0 aliphatic heterocycles. The van der Waals surface area contributed by atoms with Gasteiger partial charge in [-0.15, -0.1) is 5.10 Å². The molecule has 0 atom stereocenters. The van der Waals surface area contributed by atoms with Gasteiger partial charge in [-0.05, 0) is 42.8 Å². The lowest BCUT2D eigenvalue weighted by molar-refractivity contribution is 0.0940. The van der Waals surface area contributed by atoms with Crippen molar-refractivity contribution in [3.05, 3.63) is 89.9 Å². The van der Waals surface area contributed by atoms with Crippen molar-refractivity contribution >= 4 is 5.91 Å². The van der Waals surface area contributed by atoms with Gasteiger partial charge in [-0.1, -0.05) is 29.8 Å². The summed E-state index contributed by atoms with van der Waals surface area (Å²) in [5, 5.41) is 7.10. The fourth-order valence-electron chi connectivity index (χ4n) is 2.76. The Bertz CT molecular complexity index is 1100. The molecular weight excluding hydrogens is 359 g/mol. The number of furan rings is 1. The van der Waals surface area contributed by atoms with Gasteiger partial charge in [0.15, 0.2) is 5.82 Å². The van der Waals surface area contributed by atoms with Gasteiger partial charge in [0.25, 0.3) is 5.91 Å². The molecular formula is C21H17FN4O2. The second-order valence-corrected chi connectivity index (χ2v) is 6.33. The van der Waals surface area contributed by atoms with Crippen molar-refractivity contribution in [2.24, 2.45) is 0 Å². The monoisotopic (exact) mass is 376 g/mol. The number of aromatic nitrogens is 3. The highest BCUT2D eigenvalue weighted by Crippen LogP contribution is 2.22. The highest BCUT2D eigenvalue weighted by atomic mass is 19.1. The summed E-state index contributed by atoms with van der Waals surface area (Å²) in [5.41, 5.74) is 3.25. The molecule has 0 saturated carbocycles. The molecule has 1 N–H and O–H groups in total. The van der Waals surface area contributed by atoms with Gasteiger partial charge < -0.3 is 9.73 Å². The van der Waals surface area contributed by atoms with Crippen LogP contribution >= 0.6 is 0 Å². The van der Waals surface area contributed by atoms with Crippen LogP contribution < -0.4 is 5.32 Å². The van der Waals surface area contributed by atoms with E-state index in [4.69, 9.17) is 4.42 Å². The van der Waals surface area contributed by atoms with Crippen LogP contribution in [-0.4, -0.2) is 20.7 Å². The molecule has 2 aromatic heterocycles. The molecule has 6 nitrogen and oxygen atoms in total. The minimum Gasteiger partial charge on any atom is -0.472 e. The van der Waals surface area contributed by atoms with Crippen molar-refractivity contribution < 1.29 is 13.6 Å². The Hall–Kier alpha value is -3.74. The van der Waals surface area contributed by atoms with E-state index in [-0.39, 0.29) is 18.2 Å². The number of benzene rings is 2. The predicted octanol–water partition coefficient (Wildman–Crippen LogP) is 3.90. The molecule has 0 aliphatic carbocycles. The number of hydrogen-bond acceptors (Lipinski definition) is 4. The standard InChI is InChI=1S/C21H17FN4O2/c1-14-5-7-18(8-6-14)26-20(16-9-10-28-13-16)24-19(25-26)21(27)23-12-15-3-2-4-17(22)11-15/h2-11,13H,12H2,1H3,(H,23,27). The first-order chi connectivity index (χ1) is 13.6. The summed E-state index contributed by atoms with van der Waals surface area (Å²) in [7, 11) is 0. The third kappa shape index (κ3) is 3.68. The second-order valence-electron chi connectivity index (χ2n) is 6.33. The molecule has 0 fully saturated rings. The Morgan fingerprint density at radius 3 is 2.71 bits per heavy atom. The maximum Gasteiger partial charge on any atom is 0.291 e. The van der Waals surface area contributed by atoms with Crippen molar-refractivity contribution in [3.63, 3.8) is 0 Å². The zero-order chi connectivity index (χ0) is 19.5. The lowest BCUT2D eigenvalue weighted by Crippen LogP contribution is -2.24. The number of aryl methyl sites for hydroxylation is 1. The molecule has 0 aliphatic rings. The minimum atomic E-state index is -0.445. The third-order valence-corrected chi connectivity index (χ3v) is 4.21. The number of hydrogen-bond donors (Lipinski definition) is 1. The molecule has 1 amide bonds. The highest BCUT2D eigenvalue weighted by molar-refractivity contribution is 5.91. The van der Waals surface area contributed by atoms with Gasteiger partial charge >= 0.3 is 0 Å². The fourth-order valence-corrected chi connectivity index (χ4v) is 2.76. The van der Waals surface area contributed by atoms with Gasteiger partial charge in [-0.3, -0.25) is 4.79 Å². The van der Waals surface area contributed by atoms with E-state index in [9.17, 15) is 9.18 Å². The van der Waals surface area contributed by atoms with E-state index in [0.29, 0.717) is 17.0 Å². The molecule has 2 aromatic carbocycles. The van der Waals surface area contributed by atoms with Crippen LogP contribution in [0.5, 0.6) is 0 Å². The van der Waals surface area contributed by atoms with Gasteiger partial charge in [0.2, 0.25) is 5.82 Å². The Labute approximate surface area is 160 Å². The molecule has 4 aromatic rings. The number of carbonyl (C=O) groups is 1. The normalized spacial score (nSPS) is 10.8. The summed E-state index contributed by atoms with van der Waals surface area (Å²) in [4.78, 5) is 16.9. The number of rotatable bonds is 5. The van der Waals surface area contributed by atoms with Crippen molar-refractivity contribution in [2.75, 3.05) is 0 Å². The van der Waals surface area contributed by atoms with E-state index in [2.05, 4.69) is 15.4 Å². The van der Waals surface area contributed by atoms with Gasteiger partial charge in [-0.2, -0.15) is 0 Å². The Morgan fingerprint density at radius 2 is 2.00 bits per heavy atom. The van der Waals surface area contributed by atoms with E-state index in [1.165, 1.54) is 18.4 Å². The summed E-state index contributed by atoms with van der Waals surface area (Å²) in [6, 6.07) is 15.5. The molecule has 0 saturated heterocycles. The largest absolute Gasteiger partial charge is 0.472 e. The summed E-state index contributed by atoms with van der Waals surface area (Å²) < 4.78 is 20.0. The lowest BCUT2D eigenvalue weighted by Gasteiger charge is -2.04. The minimum absolute atomic E-state index is 0.0215. The van der Waals surface area contributed by atoms with Crippen LogP contribution in [0.2, 0.25) is 0 Å². The van der Waals surface area contributed by atoms with Crippen LogP contribution in [0.25, 0.3) is 17.1 Å². The highest BCUT2D eigenvalue weighted by Gasteiger charge is 2.19. The average molecular weight is 376 g/mol. The fraction of sp³-hybridized carbons (Fsp3) is 0.0952. The summed E-state index contributed by atoms with van der Waals surface area (Å²) in [6.45, 7) is 2.17. The summed E-state index contributed by atoms with van der Waals surface area (Å²) >= 11 is 0. The van der Waals surface area contributed by atoms with Gasteiger partial charge in [0.1, 0.15) is 12.1 Å². The third-order valence-electron chi connectivity index (χ3n) is 4.21. The molecule has 4 rings (SSSR count). The topological polar surface area (TPSA) is 73.0 Å². The Morgan fingerprint density at radius 1 is 1.18 bits per heavy atom. The first-order valence-electron chi connectivity index (χ1n) is 8.69. The van der Waals surface area contributed by atoms with Crippen molar-refractivity contribution in [3.8, 4) is 17.1 Å². The zero-order valence-corrected chi connectivity index (χ0v) is 15.1. The number of carbonyl (C=O) groups excluding carboxylic acids is 1. The van der Waals surface area contributed by atoms with Crippen LogP contribution in [0.4, 0.5) is 4.39 Å². The number of halogens is 1. The molecule has 2 heterocycles. The SMILES string of the molecule is Cc1ccc(-n2nc(C(=O)NCc3cccc(F)c3)nc2-c2ccoc2)cc1. The van der Waals surface area contributed by atoms with Gasteiger partial charge in [0, 0.05) is 6.54 Å². The van der Waals surface area contributed by atoms with E-state index >= 15 is 0 Å². The summed E-state index contributed by atoms with van der Waals surface area (Å²) in [6.07, 6.45) is 3.08. The van der Waals surface area contributed by atoms with Gasteiger partial charge in [0.05, 0.1) is 17.5 Å². The first kappa shape index (κ1) is 17.7. The quantitative estimate of drug-likeness (QED) is 0.573. The predicted molar refractivity (Wildman–Crippen MR) is 101 cm³/mol. The van der Waals surface area contributed by atoms with Crippen LogP contribution in [0, 0.1) is 12.7 Å². The van der Waals surface area contributed by atoms with Crippen LogP contribution in [0.1, 0.15) is 21.7 Å². The molecule has 0 unspecified atom stereocenters. The maximum atomic E-state index is 13.3. The second kappa shape index (κ2) is 7.48. The summed E-state index contributed by atoms with van der Waals surface area (Å²) in [5.74, 6) is -0.280. The van der Waals surface area contributed by atoms with Crippen molar-refractivity contribution in [1.29, 1.82) is 0 Å². The number of nitrogens with one attached hydrogen (secondary N) is 1. The van der Waals surface area contributed by atoms with E-state index in [1.807, 2.05) is 31.2 Å². The number of amides is 1. The van der Waals surface area contributed by atoms with Crippen molar-refractivity contribution in [1.82, 2.24) is 20.1 Å². The molecule has 140 valence electrons. The Balaban J connectivity index is 1.63. The van der Waals surface area contributed by atoms with Crippen LogP contribution in [0.15, 0.2) is 71.5 Å². The van der Waals surface area contributed by atoms with Crippen LogP contribution in [0.3, 0.4) is 0 Å². The first-order valence-corrected chi connectivity index (χ1v) is 8.69. The van der Waals surface area contributed by atoms with Crippen LogP contribution in [-0.2, 0) is 6.54 Å². The van der Waals surface area contributed by atoms with E-state index in [1.54, 1.807) is 29.1 Å². The van der Waals surface area contributed by atoms with E-state index in [0.717, 1.165) is 11.3 Å². The van der Waals surface area contributed by atoms with Crippen molar-refractivity contribution in [2.45, 2.75) is 13.5 Å². The lowest BCUT2D eigenvalue weighted by atomic mass is 10.2. The maximum absolute atomic E-state index is 13.3. The molecule has 0 spiro atoms. The van der Waals surface area contributed by atoms with Gasteiger partial charge in [-0.25, -0.2) is 14.1 Å². The average Bonchev–Trinajstić information content (AvgIpc) is 3.36. The molecule has 0 bridgehead atoms. The van der Waals surface area contributed by atoms with E-state index < -0.39 is 5.91 Å².